The summed E-state index contributed by atoms with van der Waals surface area (Å²) in [4.78, 5) is 12.2. The van der Waals surface area contributed by atoms with Gasteiger partial charge in [0.15, 0.2) is 11.5 Å². The number of nitrogens with one attached hydrogen (secondary N) is 1. The maximum absolute atomic E-state index is 12.2. The largest absolute Gasteiger partial charge is 0.497 e. The molecule has 1 N–H and O–H groups in total. The molecule has 0 fully saturated rings. The minimum absolute atomic E-state index is 0.136. The van der Waals surface area contributed by atoms with Crippen molar-refractivity contribution in [3.63, 3.8) is 0 Å². The highest BCUT2D eigenvalue weighted by atomic mass is 16.5. The number of anilines is 1. The first-order chi connectivity index (χ1) is 11.2. The molecule has 3 rings (SSSR count). The van der Waals surface area contributed by atoms with Crippen LogP contribution in [0.15, 0.2) is 36.4 Å². The molecular weight excluding hydrogens is 294 g/mol. The van der Waals surface area contributed by atoms with Gasteiger partial charge < -0.3 is 19.5 Å². The van der Waals surface area contributed by atoms with Crippen LogP contribution in [0.4, 0.5) is 5.69 Å². The molecule has 0 aromatic heterocycles. The van der Waals surface area contributed by atoms with Crippen LogP contribution < -0.4 is 19.5 Å². The van der Waals surface area contributed by atoms with Crippen LogP contribution in [0.5, 0.6) is 17.2 Å². The SMILES string of the molecule is COc1ccc2c(c1)/C(=C\c1ccc(OC)c(OC)c1)C(=O)N2. The van der Waals surface area contributed by atoms with Crippen LogP contribution in [-0.4, -0.2) is 27.2 Å². The average molecular weight is 311 g/mol. The van der Waals surface area contributed by atoms with E-state index in [2.05, 4.69) is 5.32 Å². The van der Waals surface area contributed by atoms with Gasteiger partial charge in [-0.25, -0.2) is 0 Å². The zero-order chi connectivity index (χ0) is 16.4. The monoisotopic (exact) mass is 311 g/mol. The van der Waals surface area contributed by atoms with Crippen molar-refractivity contribution in [2.75, 3.05) is 26.6 Å². The molecule has 0 atom stereocenters. The van der Waals surface area contributed by atoms with E-state index < -0.39 is 0 Å². The Labute approximate surface area is 134 Å². The molecule has 0 bridgehead atoms. The maximum atomic E-state index is 12.2. The predicted octanol–water partition coefficient (Wildman–Crippen LogP) is 3.21. The van der Waals surface area contributed by atoms with E-state index in [4.69, 9.17) is 14.2 Å². The summed E-state index contributed by atoms with van der Waals surface area (Å²) >= 11 is 0. The van der Waals surface area contributed by atoms with Crippen LogP contribution >= 0.6 is 0 Å². The highest BCUT2D eigenvalue weighted by molar-refractivity contribution is 6.35. The number of ether oxygens (including phenoxy) is 3. The van der Waals surface area contributed by atoms with E-state index in [1.165, 1.54) is 0 Å². The van der Waals surface area contributed by atoms with Crippen molar-refractivity contribution in [3.05, 3.63) is 47.5 Å². The summed E-state index contributed by atoms with van der Waals surface area (Å²) in [5, 5.41) is 2.85. The maximum Gasteiger partial charge on any atom is 0.256 e. The topological polar surface area (TPSA) is 56.8 Å². The van der Waals surface area contributed by atoms with E-state index in [0.29, 0.717) is 22.8 Å². The zero-order valence-electron chi connectivity index (χ0n) is 13.2. The second kappa shape index (κ2) is 6.04. The molecule has 118 valence electrons. The molecule has 1 aliphatic rings. The Bertz CT molecular complexity index is 796. The first kappa shape index (κ1) is 15.0. The number of amides is 1. The molecule has 1 aliphatic heterocycles. The van der Waals surface area contributed by atoms with Gasteiger partial charge >= 0.3 is 0 Å². The summed E-state index contributed by atoms with van der Waals surface area (Å²) in [7, 11) is 4.77. The molecule has 1 amide bonds. The summed E-state index contributed by atoms with van der Waals surface area (Å²) in [6, 6.07) is 11.0. The third kappa shape index (κ3) is 2.73. The summed E-state index contributed by atoms with van der Waals surface area (Å²) in [6.07, 6.45) is 1.82. The molecular formula is C18H17NO4. The van der Waals surface area contributed by atoms with Crippen LogP contribution in [0.1, 0.15) is 11.1 Å². The molecule has 2 aromatic rings. The van der Waals surface area contributed by atoms with E-state index in [-0.39, 0.29) is 5.91 Å². The van der Waals surface area contributed by atoms with Crippen LogP contribution in [0.3, 0.4) is 0 Å². The number of hydrogen-bond donors (Lipinski definition) is 1. The van der Waals surface area contributed by atoms with Gasteiger partial charge in [0.1, 0.15) is 5.75 Å². The molecule has 0 unspecified atom stereocenters. The predicted molar refractivity (Wildman–Crippen MR) is 89.0 cm³/mol. The lowest BCUT2D eigenvalue weighted by Gasteiger charge is -2.08. The number of rotatable bonds is 4. The van der Waals surface area contributed by atoms with Gasteiger partial charge in [0.05, 0.1) is 21.3 Å². The Morgan fingerprint density at radius 1 is 0.913 bits per heavy atom. The number of fused-ring (bicyclic) bond motifs is 1. The Hall–Kier alpha value is -2.95. The first-order valence-corrected chi connectivity index (χ1v) is 7.09. The van der Waals surface area contributed by atoms with Crippen LogP contribution in [-0.2, 0) is 4.79 Å². The van der Waals surface area contributed by atoms with Crippen LogP contribution in [0.2, 0.25) is 0 Å². The Morgan fingerprint density at radius 2 is 1.70 bits per heavy atom. The second-order valence-corrected chi connectivity index (χ2v) is 5.04. The molecule has 0 spiro atoms. The molecule has 2 aromatic carbocycles. The summed E-state index contributed by atoms with van der Waals surface area (Å²) in [5.74, 6) is 1.83. The van der Waals surface area contributed by atoms with Gasteiger partial charge in [0.2, 0.25) is 0 Å². The molecule has 0 saturated heterocycles. The van der Waals surface area contributed by atoms with Crippen molar-refractivity contribution in [2.24, 2.45) is 0 Å². The van der Waals surface area contributed by atoms with Gasteiger partial charge in [-0.05, 0) is 42.0 Å². The smallest absolute Gasteiger partial charge is 0.256 e. The second-order valence-electron chi connectivity index (χ2n) is 5.04. The summed E-state index contributed by atoms with van der Waals surface area (Å²) in [6.45, 7) is 0. The minimum Gasteiger partial charge on any atom is -0.497 e. The normalized spacial score (nSPS) is 14.4. The van der Waals surface area contributed by atoms with Gasteiger partial charge in [-0.2, -0.15) is 0 Å². The van der Waals surface area contributed by atoms with E-state index in [0.717, 1.165) is 16.8 Å². The number of carbonyl (C=O) groups excluding carboxylic acids is 1. The number of carbonyl (C=O) groups is 1. The lowest BCUT2D eigenvalue weighted by Crippen LogP contribution is -2.03. The standard InChI is InChI=1S/C18H17NO4/c1-21-12-5-6-15-13(10-12)14(18(20)19-15)8-11-4-7-16(22-2)17(9-11)23-3/h4-10H,1-3H3,(H,19,20)/b14-8+. The van der Waals surface area contributed by atoms with Gasteiger partial charge in [0.25, 0.3) is 5.91 Å². The van der Waals surface area contributed by atoms with Crippen molar-refractivity contribution < 1.29 is 19.0 Å². The van der Waals surface area contributed by atoms with Crippen molar-refractivity contribution in [1.29, 1.82) is 0 Å². The summed E-state index contributed by atoms with van der Waals surface area (Å²) in [5.41, 5.74) is 3.04. The Kier molecular flexibility index (Phi) is 3.93. The molecule has 0 aliphatic carbocycles. The fraction of sp³-hybridized carbons (Fsp3) is 0.167. The first-order valence-electron chi connectivity index (χ1n) is 7.09. The fourth-order valence-electron chi connectivity index (χ4n) is 2.55. The van der Waals surface area contributed by atoms with Gasteiger partial charge in [-0.15, -0.1) is 0 Å². The lowest BCUT2D eigenvalue weighted by molar-refractivity contribution is -0.110. The molecule has 1 heterocycles. The van der Waals surface area contributed by atoms with Gasteiger partial charge in [-0.3, -0.25) is 4.79 Å². The van der Waals surface area contributed by atoms with Gasteiger partial charge in [-0.1, -0.05) is 6.07 Å². The van der Waals surface area contributed by atoms with E-state index >= 15 is 0 Å². The van der Waals surface area contributed by atoms with Crippen LogP contribution in [0, 0.1) is 0 Å². The number of hydrogen-bond acceptors (Lipinski definition) is 4. The van der Waals surface area contributed by atoms with Crippen molar-refractivity contribution in [3.8, 4) is 17.2 Å². The fourth-order valence-corrected chi connectivity index (χ4v) is 2.55. The number of methoxy groups -OCH3 is 3. The lowest BCUT2D eigenvalue weighted by atomic mass is 10.0. The molecule has 23 heavy (non-hydrogen) atoms. The molecule has 0 saturated carbocycles. The molecule has 0 radical (unpaired) electrons. The summed E-state index contributed by atoms with van der Waals surface area (Å²) < 4.78 is 15.8. The Morgan fingerprint density at radius 3 is 2.39 bits per heavy atom. The van der Waals surface area contributed by atoms with Crippen molar-refractivity contribution in [2.45, 2.75) is 0 Å². The van der Waals surface area contributed by atoms with E-state index in [1.807, 2.05) is 42.5 Å². The Balaban J connectivity index is 2.05. The number of benzene rings is 2. The van der Waals surface area contributed by atoms with Crippen LogP contribution in [0.25, 0.3) is 11.6 Å². The highest BCUT2D eigenvalue weighted by Crippen LogP contribution is 2.36. The zero-order valence-corrected chi connectivity index (χ0v) is 13.2. The van der Waals surface area contributed by atoms with Crippen molar-refractivity contribution >= 4 is 23.2 Å². The van der Waals surface area contributed by atoms with E-state index in [1.54, 1.807) is 21.3 Å². The van der Waals surface area contributed by atoms with E-state index in [9.17, 15) is 4.79 Å². The third-order valence-electron chi connectivity index (χ3n) is 3.73. The van der Waals surface area contributed by atoms with Gasteiger partial charge in [0, 0.05) is 16.8 Å². The average Bonchev–Trinajstić information content (AvgIpc) is 2.89. The quantitative estimate of drug-likeness (QED) is 0.881. The highest BCUT2D eigenvalue weighted by Gasteiger charge is 2.24. The minimum atomic E-state index is -0.136. The third-order valence-corrected chi connectivity index (χ3v) is 3.73. The van der Waals surface area contributed by atoms with Crippen molar-refractivity contribution in [1.82, 2.24) is 0 Å². The molecule has 5 nitrogen and oxygen atoms in total. The molecule has 5 heteroatoms.